The minimum atomic E-state index is -0.326. The monoisotopic (exact) mass is 249 g/mol. The standard InChI is InChI=1S/C11H11N3O2S/c1-7(9-3-2-6-17-9)12-11(16)8-4-5-10(15)14-13-8/h2-7H,1H3,(H,12,16)(H,14,15)/t7-/m1/s1. The Morgan fingerprint density at radius 3 is 2.88 bits per heavy atom. The van der Waals surface area contributed by atoms with Crippen LogP contribution >= 0.6 is 11.3 Å². The lowest BCUT2D eigenvalue weighted by molar-refractivity contribution is 0.0934. The lowest BCUT2D eigenvalue weighted by Gasteiger charge is -2.11. The molecular formula is C11H11N3O2S. The summed E-state index contributed by atoms with van der Waals surface area (Å²) in [4.78, 5) is 23.6. The minimum absolute atomic E-state index is 0.0729. The Labute approximate surface area is 102 Å². The van der Waals surface area contributed by atoms with Crippen LogP contribution in [0.25, 0.3) is 0 Å². The highest BCUT2D eigenvalue weighted by atomic mass is 32.1. The van der Waals surface area contributed by atoms with E-state index in [-0.39, 0.29) is 23.2 Å². The van der Waals surface area contributed by atoms with E-state index >= 15 is 0 Å². The molecule has 0 bridgehead atoms. The number of carbonyl (C=O) groups excluding carboxylic acids is 1. The lowest BCUT2D eigenvalue weighted by atomic mass is 10.2. The first-order chi connectivity index (χ1) is 8.16. The molecule has 5 nitrogen and oxygen atoms in total. The summed E-state index contributed by atoms with van der Waals surface area (Å²) in [5.41, 5.74) is -0.124. The van der Waals surface area contributed by atoms with Crippen LogP contribution in [0.15, 0.2) is 34.4 Å². The maximum absolute atomic E-state index is 11.8. The molecule has 2 rings (SSSR count). The van der Waals surface area contributed by atoms with E-state index in [0.29, 0.717) is 0 Å². The summed E-state index contributed by atoms with van der Waals surface area (Å²) in [7, 11) is 0. The number of aromatic amines is 1. The maximum Gasteiger partial charge on any atom is 0.272 e. The first-order valence-corrected chi connectivity index (χ1v) is 5.95. The largest absolute Gasteiger partial charge is 0.343 e. The SMILES string of the molecule is C[C@@H](NC(=O)c1ccc(=O)[nH]n1)c1cccs1. The van der Waals surface area contributed by atoms with E-state index in [2.05, 4.69) is 15.5 Å². The predicted molar refractivity (Wildman–Crippen MR) is 65.1 cm³/mol. The topological polar surface area (TPSA) is 74.8 Å². The zero-order valence-corrected chi connectivity index (χ0v) is 9.95. The Morgan fingerprint density at radius 2 is 2.29 bits per heavy atom. The van der Waals surface area contributed by atoms with Gasteiger partial charge in [-0.2, -0.15) is 5.10 Å². The van der Waals surface area contributed by atoms with Gasteiger partial charge in [-0.3, -0.25) is 9.59 Å². The first-order valence-electron chi connectivity index (χ1n) is 5.07. The number of H-pyrrole nitrogens is 1. The summed E-state index contributed by atoms with van der Waals surface area (Å²) in [5.74, 6) is -0.304. The van der Waals surface area contributed by atoms with Gasteiger partial charge in [-0.05, 0) is 24.4 Å². The number of carbonyl (C=O) groups is 1. The molecule has 1 atom stereocenters. The Kier molecular flexibility index (Phi) is 3.34. The van der Waals surface area contributed by atoms with Crippen LogP contribution in [-0.2, 0) is 0 Å². The van der Waals surface area contributed by atoms with Gasteiger partial charge < -0.3 is 5.32 Å². The third-order valence-electron chi connectivity index (χ3n) is 2.23. The molecule has 2 aromatic rings. The van der Waals surface area contributed by atoms with Crippen LogP contribution in [-0.4, -0.2) is 16.1 Å². The summed E-state index contributed by atoms with van der Waals surface area (Å²) in [6.07, 6.45) is 0. The molecule has 17 heavy (non-hydrogen) atoms. The molecule has 6 heteroatoms. The van der Waals surface area contributed by atoms with Crippen molar-refractivity contribution in [1.29, 1.82) is 0 Å². The Balaban J connectivity index is 2.07. The highest BCUT2D eigenvalue weighted by Gasteiger charge is 2.12. The van der Waals surface area contributed by atoms with Gasteiger partial charge in [-0.1, -0.05) is 6.07 Å². The van der Waals surface area contributed by atoms with Crippen LogP contribution in [0.3, 0.4) is 0 Å². The van der Waals surface area contributed by atoms with Crippen LogP contribution in [0, 0.1) is 0 Å². The second-order valence-corrected chi connectivity index (χ2v) is 4.50. The average Bonchev–Trinajstić information content (AvgIpc) is 2.83. The second-order valence-electron chi connectivity index (χ2n) is 3.52. The molecule has 2 aromatic heterocycles. The van der Waals surface area contributed by atoms with E-state index < -0.39 is 0 Å². The van der Waals surface area contributed by atoms with Gasteiger partial charge in [-0.15, -0.1) is 11.3 Å². The predicted octanol–water partition coefficient (Wildman–Crippen LogP) is 1.32. The van der Waals surface area contributed by atoms with Gasteiger partial charge in [0.2, 0.25) is 0 Å². The molecule has 0 spiro atoms. The van der Waals surface area contributed by atoms with Crippen LogP contribution in [0.2, 0.25) is 0 Å². The Hall–Kier alpha value is -1.95. The number of nitrogens with zero attached hydrogens (tertiary/aromatic N) is 1. The summed E-state index contributed by atoms with van der Waals surface area (Å²) < 4.78 is 0. The van der Waals surface area contributed by atoms with Gasteiger partial charge in [0.05, 0.1) is 6.04 Å². The number of hydrogen-bond donors (Lipinski definition) is 2. The third-order valence-corrected chi connectivity index (χ3v) is 3.28. The van der Waals surface area contributed by atoms with Gasteiger partial charge in [0.1, 0.15) is 5.69 Å². The molecule has 0 fully saturated rings. The maximum atomic E-state index is 11.8. The third kappa shape index (κ3) is 2.79. The van der Waals surface area contributed by atoms with Crippen LogP contribution in [0.5, 0.6) is 0 Å². The molecule has 0 aliphatic heterocycles. The fourth-order valence-electron chi connectivity index (χ4n) is 1.35. The molecule has 0 aliphatic carbocycles. The van der Waals surface area contributed by atoms with Crippen LogP contribution < -0.4 is 10.9 Å². The minimum Gasteiger partial charge on any atom is -0.343 e. The van der Waals surface area contributed by atoms with Crippen LogP contribution in [0.1, 0.15) is 28.3 Å². The summed E-state index contributed by atoms with van der Waals surface area (Å²) in [6, 6.07) is 6.49. The molecular weight excluding hydrogens is 238 g/mol. The Bertz CT molecular complexity index is 542. The van der Waals surface area contributed by atoms with Gasteiger partial charge in [0, 0.05) is 10.9 Å². The molecule has 1 amide bonds. The van der Waals surface area contributed by atoms with E-state index in [4.69, 9.17) is 0 Å². The van der Waals surface area contributed by atoms with Crippen molar-refractivity contribution >= 4 is 17.2 Å². The normalized spacial score (nSPS) is 12.1. The number of rotatable bonds is 3. The quantitative estimate of drug-likeness (QED) is 0.861. The highest BCUT2D eigenvalue weighted by Crippen LogP contribution is 2.18. The van der Waals surface area contributed by atoms with Crippen molar-refractivity contribution < 1.29 is 4.79 Å². The first kappa shape index (κ1) is 11.5. The van der Waals surface area contributed by atoms with Crippen molar-refractivity contribution in [3.63, 3.8) is 0 Å². The van der Waals surface area contributed by atoms with Crippen molar-refractivity contribution in [2.75, 3.05) is 0 Å². The molecule has 0 aliphatic rings. The smallest absolute Gasteiger partial charge is 0.272 e. The molecule has 88 valence electrons. The van der Waals surface area contributed by atoms with E-state index in [1.807, 2.05) is 24.4 Å². The molecule has 0 saturated heterocycles. The van der Waals surface area contributed by atoms with E-state index in [1.165, 1.54) is 12.1 Å². The van der Waals surface area contributed by atoms with Gasteiger partial charge in [0.25, 0.3) is 11.5 Å². The molecule has 0 radical (unpaired) electrons. The zero-order chi connectivity index (χ0) is 12.3. The van der Waals surface area contributed by atoms with E-state index in [1.54, 1.807) is 11.3 Å². The van der Waals surface area contributed by atoms with Gasteiger partial charge in [0.15, 0.2) is 0 Å². The molecule has 0 aromatic carbocycles. The van der Waals surface area contributed by atoms with Crippen LogP contribution in [0.4, 0.5) is 0 Å². The second kappa shape index (κ2) is 4.92. The van der Waals surface area contributed by atoms with Gasteiger partial charge in [-0.25, -0.2) is 5.10 Å². The molecule has 0 saturated carbocycles. The fourth-order valence-corrected chi connectivity index (χ4v) is 2.08. The van der Waals surface area contributed by atoms with Crippen molar-refractivity contribution in [3.8, 4) is 0 Å². The molecule has 0 unspecified atom stereocenters. The summed E-state index contributed by atoms with van der Waals surface area (Å²) >= 11 is 1.58. The van der Waals surface area contributed by atoms with Crippen molar-refractivity contribution in [3.05, 3.63) is 50.6 Å². The number of hydrogen-bond acceptors (Lipinski definition) is 4. The zero-order valence-electron chi connectivity index (χ0n) is 9.14. The molecule has 2 N–H and O–H groups in total. The fraction of sp³-hybridized carbons (Fsp3) is 0.182. The van der Waals surface area contributed by atoms with Crippen molar-refractivity contribution in [2.45, 2.75) is 13.0 Å². The number of nitrogens with one attached hydrogen (secondary N) is 2. The van der Waals surface area contributed by atoms with Gasteiger partial charge >= 0.3 is 0 Å². The highest BCUT2D eigenvalue weighted by molar-refractivity contribution is 7.10. The van der Waals surface area contributed by atoms with Crippen molar-refractivity contribution in [2.24, 2.45) is 0 Å². The Morgan fingerprint density at radius 1 is 1.47 bits per heavy atom. The van der Waals surface area contributed by atoms with E-state index in [9.17, 15) is 9.59 Å². The molecule has 2 heterocycles. The number of amides is 1. The van der Waals surface area contributed by atoms with Crippen molar-refractivity contribution in [1.82, 2.24) is 15.5 Å². The lowest BCUT2D eigenvalue weighted by Crippen LogP contribution is -2.28. The average molecular weight is 249 g/mol. The number of aromatic nitrogens is 2. The summed E-state index contributed by atoms with van der Waals surface area (Å²) in [6.45, 7) is 1.90. The van der Waals surface area contributed by atoms with E-state index in [0.717, 1.165) is 4.88 Å². The summed E-state index contributed by atoms with van der Waals surface area (Å²) in [5, 5.41) is 10.7. The number of thiophene rings is 1.